The minimum absolute atomic E-state index is 0.137. The highest BCUT2D eigenvalue weighted by molar-refractivity contribution is 6.35. The van der Waals surface area contributed by atoms with Crippen molar-refractivity contribution in [2.24, 2.45) is 0 Å². The van der Waals surface area contributed by atoms with Gasteiger partial charge >= 0.3 is 0 Å². The number of carbonyl (C=O) groups excluding carboxylic acids is 1. The Morgan fingerprint density at radius 2 is 1.92 bits per heavy atom. The molecule has 0 aliphatic heterocycles. The van der Waals surface area contributed by atoms with E-state index >= 15 is 0 Å². The highest BCUT2D eigenvalue weighted by Crippen LogP contribution is 2.27. The van der Waals surface area contributed by atoms with Gasteiger partial charge in [-0.15, -0.1) is 10.2 Å². The van der Waals surface area contributed by atoms with Crippen LogP contribution in [0.1, 0.15) is 16.2 Å². The molecule has 0 spiro atoms. The van der Waals surface area contributed by atoms with Gasteiger partial charge in [0.25, 0.3) is 5.91 Å². The minimum Gasteiger partial charge on any atom is -0.360 e. The number of aromatic nitrogens is 3. The highest BCUT2D eigenvalue weighted by atomic mass is 35.5. The van der Waals surface area contributed by atoms with Crippen LogP contribution < -0.4 is 10.6 Å². The molecule has 0 bridgehead atoms. The summed E-state index contributed by atoms with van der Waals surface area (Å²) in [6, 6.07) is 9.74. The predicted octanol–water partition coefficient (Wildman–Crippen LogP) is 4.08. The van der Waals surface area contributed by atoms with Crippen LogP contribution in [-0.2, 0) is 0 Å². The Hall–Kier alpha value is -2.64. The lowest BCUT2D eigenvalue weighted by molar-refractivity contribution is 0.102. The second-order valence-electron chi connectivity index (χ2n) is 4.83. The second-order valence-corrected chi connectivity index (χ2v) is 5.67. The lowest BCUT2D eigenvalue weighted by Gasteiger charge is -2.08. The molecule has 0 radical (unpaired) electrons. The Balaban J connectivity index is 1.71. The van der Waals surface area contributed by atoms with E-state index in [1.54, 1.807) is 37.3 Å². The van der Waals surface area contributed by atoms with Crippen LogP contribution in [-0.4, -0.2) is 21.3 Å². The molecule has 2 heterocycles. The summed E-state index contributed by atoms with van der Waals surface area (Å²) < 4.78 is 4.87. The molecule has 0 atom stereocenters. The number of anilines is 3. The molecule has 0 fully saturated rings. The molecule has 2 aromatic heterocycles. The molecule has 122 valence electrons. The lowest BCUT2D eigenvalue weighted by Crippen LogP contribution is -2.14. The number of rotatable bonds is 4. The van der Waals surface area contributed by atoms with E-state index < -0.39 is 5.91 Å². The number of nitrogens with zero attached hydrogens (tertiary/aromatic N) is 3. The molecule has 7 nitrogen and oxygen atoms in total. The van der Waals surface area contributed by atoms with Gasteiger partial charge in [0.05, 0.1) is 10.7 Å². The number of benzene rings is 1. The molecule has 1 aromatic carbocycles. The third-order valence-corrected chi connectivity index (χ3v) is 3.52. The summed E-state index contributed by atoms with van der Waals surface area (Å²) in [5, 5.41) is 18.1. The average molecular weight is 364 g/mol. The van der Waals surface area contributed by atoms with Crippen LogP contribution >= 0.6 is 23.2 Å². The van der Waals surface area contributed by atoms with Gasteiger partial charge in [-0.1, -0.05) is 28.4 Å². The van der Waals surface area contributed by atoms with Crippen molar-refractivity contribution >= 4 is 46.4 Å². The van der Waals surface area contributed by atoms with Crippen molar-refractivity contribution in [2.45, 2.75) is 6.92 Å². The summed E-state index contributed by atoms with van der Waals surface area (Å²) >= 11 is 12.0. The van der Waals surface area contributed by atoms with Crippen LogP contribution in [0.2, 0.25) is 10.0 Å². The molecule has 0 aliphatic carbocycles. The zero-order valence-electron chi connectivity index (χ0n) is 12.4. The van der Waals surface area contributed by atoms with Gasteiger partial charge in [-0.25, -0.2) is 0 Å². The number of nitrogens with one attached hydrogen (secondary N) is 2. The van der Waals surface area contributed by atoms with Gasteiger partial charge in [0.2, 0.25) is 0 Å². The maximum atomic E-state index is 12.0. The summed E-state index contributed by atoms with van der Waals surface area (Å²) in [6.45, 7) is 1.73. The SMILES string of the molecule is Cc1cc(NC(=O)c2ccc(Nc3cc(Cl)ccc3Cl)nn2)no1. The van der Waals surface area contributed by atoms with E-state index in [0.29, 0.717) is 33.1 Å². The maximum Gasteiger partial charge on any atom is 0.277 e. The first-order valence-corrected chi connectivity index (χ1v) is 7.57. The molecule has 1 amide bonds. The van der Waals surface area contributed by atoms with E-state index in [2.05, 4.69) is 26.0 Å². The van der Waals surface area contributed by atoms with Crippen LogP contribution in [0.4, 0.5) is 17.3 Å². The van der Waals surface area contributed by atoms with Crippen LogP contribution in [0.5, 0.6) is 0 Å². The molecular weight excluding hydrogens is 353 g/mol. The molecule has 0 saturated carbocycles. The Labute approximate surface area is 147 Å². The van der Waals surface area contributed by atoms with E-state index in [9.17, 15) is 4.79 Å². The van der Waals surface area contributed by atoms with Crippen molar-refractivity contribution < 1.29 is 9.32 Å². The minimum atomic E-state index is -0.442. The number of hydrogen-bond donors (Lipinski definition) is 2. The molecule has 3 aromatic rings. The summed E-state index contributed by atoms with van der Waals surface area (Å²) in [5.41, 5.74) is 0.729. The van der Waals surface area contributed by atoms with Crippen molar-refractivity contribution in [1.29, 1.82) is 0 Å². The molecule has 9 heteroatoms. The normalized spacial score (nSPS) is 10.5. The van der Waals surface area contributed by atoms with E-state index in [4.69, 9.17) is 27.7 Å². The fourth-order valence-electron chi connectivity index (χ4n) is 1.86. The average Bonchev–Trinajstić information content (AvgIpc) is 2.96. The number of aryl methyl sites for hydroxylation is 1. The van der Waals surface area contributed by atoms with Crippen molar-refractivity contribution in [3.63, 3.8) is 0 Å². The standard InChI is InChI=1S/C15H11Cl2N5O2/c1-8-6-14(22-24-8)19-15(23)11-4-5-13(21-20-11)18-12-7-9(16)2-3-10(12)17/h2-7H,1H3,(H,18,21)(H,19,22,23). The zero-order chi connectivity index (χ0) is 17.1. The van der Waals surface area contributed by atoms with Crippen LogP contribution in [0.25, 0.3) is 0 Å². The van der Waals surface area contributed by atoms with Gasteiger partial charge in [-0.2, -0.15) is 0 Å². The summed E-state index contributed by atoms with van der Waals surface area (Å²) in [6.07, 6.45) is 0. The zero-order valence-corrected chi connectivity index (χ0v) is 13.9. The van der Waals surface area contributed by atoms with Crippen molar-refractivity contribution in [3.05, 3.63) is 57.9 Å². The smallest absolute Gasteiger partial charge is 0.277 e. The Morgan fingerprint density at radius 3 is 2.58 bits per heavy atom. The number of amides is 1. The molecule has 0 unspecified atom stereocenters. The van der Waals surface area contributed by atoms with E-state index in [1.807, 2.05) is 0 Å². The van der Waals surface area contributed by atoms with Gasteiger partial charge in [0.15, 0.2) is 17.3 Å². The summed E-state index contributed by atoms with van der Waals surface area (Å²) in [7, 11) is 0. The topological polar surface area (TPSA) is 92.9 Å². The van der Waals surface area contributed by atoms with Crippen LogP contribution in [0.15, 0.2) is 40.9 Å². The van der Waals surface area contributed by atoms with Gasteiger partial charge in [0, 0.05) is 11.1 Å². The van der Waals surface area contributed by atoms with E-state index in [0.717, 1.165) is 0 Å². The van der Waals surface area contributed by atoms with Crippen LogP contribution in [0, 0.1) is 6.92 Å². The van der Waals surface area contributed by atoms with E-state index in [1.165, 1.54) is 6.07 Å². The Kier molecular flexibility index (Phi) is 4.64. The quantitative estimate of drug-likeness (QED) is 0.725. The molecule has 0 saturated heterocycles. The van der Waals surface area contributed by atoms with Crippen molar-refractivity contribution in [2.75, 3.05) is 10.6 Å². The van der Waals surface area contributed by atoms with Crippen molar-refractivity contribution in [1.82, 2.24) is 15.4 Å². The third kappa shape index (κ3) is 3.81. The first kappa shape index (κ1) is 16.2. The Bertz CT molecular complexity index is 880. The highest BCUT2D eigenvalue weighted by Gasteiger charge is 2.11. The summed E-state index contributed by atoms with van der Waals surface area (Å²) in [4.78, 5) is 12.0. The number of hydrogen-bond acceptors (Lipinski definition) is 6. The van der Waals surface area contributed by atoms with Crippen molar-refractivity contribution in [3.8, 4) is 0 Å². The predicted molar refractivity (Wildman–Crippen MR) is 91.0 cm³/mol. The second kappa shape index (κ2) is 6.86. The van der Waals surface area contributed by atoms with Gasteiger partial charge < -0.3 is 15.2 Å². The van der Waals surface area contributed by atoms with Gasteiger partial charge in [-0.05, 0) is 37.3 Å². The summed E-state index contributed by atoms with van der Waals surface area (Å²) in [5.74, 6) is 0.887. The largest absolute Gasteiger partial charge is 0.360 e. The van der Waals surface area contributed by atoms with Crippen LogP contribution in [0.3, 0.4) is 0 Å². The fraction of sp³-hybridized carbons (Fsp3) is 0.0667. The number of carbonyl (C=O) groups is 1. The molecule has 3 rings (SSSR count). The monoisotopic (exact) mass is 363 g/mol. The first-order valence-electron chi connectivity index (χ1n) is 6.82. The Morgan fingerprint density at radius 1 is 1.08 bits per heavy atom. The van der Waals surface area contributed by atoms with Gasteiger partial charge in [-0.3, -0.25) is 4.79 Å². The third-order valence-electron chi connectivity index (χ3n) is 2.96. The molecule has 24 heavy (non-hydrogen) atoms. The maximum absolute atomic E-state index is 12.0. The van der Waals surface area contributed by atoms with Gasteiger partial charge in [0.1, 0.15) is 5.76 Å². The molecule has 2 N–H and O–H groups in total. The number of halogens is 2. The fourth-order valence-corrected chi connectivity index (χ4v) is 2.19. The van der Waals surface area contributed by atoms with E-state index in [-0.39, 0.29) is 5.69 Å². The first-order chi connectivity index (χ1) is 11.5. The lowest BCUT2D eigenvalue weighted by atomic mass is 10.3. The molecular formula is C15H11Cl2N5O2. The molecule has 0 aliphatic rings.